The number of hydrogen-bond acceptors (Lipinski definition) is 2. The van der Waals surface area contributed by atoms with Crippen LogP contribution < -0.4 is 10.1 Å². The molecule has 0 bridgehead atoms. The molecule has 1 saturated carbocycles. The summed E-state index contributed by atoms with van der Waals surface area (Å²) in [7, 11) is 0. The zero-order valence-electron chi connectivity index (χ0n) is 10.2. The second kappa shape index (κ2) is 4.71. The lowest BCUT2D eigenvalue weighted by molar-refractivity contribution is 0.147. The number of benzene rings is 1. The summed E-state index contributed by atoms with van der Waals surface area (Å²) >= 11 is 5.84. The van der Waals surface area contributed by atoms with Crippen molar-refractivity contribution >= 4 is 11.6 Å². The summed E-state index contributed by atoms with van der Waals surface area (Å²) in [4.78, 5) is 0. The molecule has 0 amide bonds. The van der Waals surface area contributed by atoms with Gasteiger partial charge in [-0.2, -0.15) is 0 Å². The topological polar surface area (TPSA) is 21.3 Å². The molecule has 1 saturated heterocycles. The van der Waals surface area contributed by atoms with Gasteiger partial charge in [0.05, 0.1) is 0 Å². The van der Waals surface area contributed by atoms with Gasteiger partial charge in [0, 0.05) is 11.1 Å². The van der Waals surface area contributed by atoms with Gasteiger partial charge in [0.2, 0.25) is 0 Å². The van der Waals surface area contributed by atoms with E-state index < -0.39 is 0 Å². The van der Waals surface area contributed by atoms with Crippen LogP contribution in [0.25, 0.3) is 0 Å². The third kappa shape index (κ3) is 2.78. The number of ether oxygens (including phenoxy) is 1. The summed E-state index contributed by atoms with van der Waals surface area (Å²) in [6.07, 6.45) is 4.42. The highest BCUT2D eigenvalue weighted by molar-refractivity contribution is 6.30. The predicted molar refractivity (Wildman–Crippen MR) is 69.6 cm³/mol. The lowest BCUT2D eigenvalue weighted by Crippen LogP contribution is -2.23. The highest BCUT2D eigenvalue weighted by atomic mass is 35.5. The van der Waals surface area contributed by atoms with Crippen molar-refractivity contribution in [3.63, 3.8) is 0 Å². The summed E-state index contributed by atoms with van der Waals surface area (Å²) in [6, 6.07) is 4.41. The van der Waals surface area contributed by atoms with Crippen LogP contribution in [0.2, 0.25) is 5.02 Å². The van der Waals surface area contributed by atoms with E-state index >= 15 is 0 Å². The fourth-order valence-corrected chi connectivity index (χ4v) is 2.95. The van der Waals surface area contributed by atoms with Crippen LogP contribution >= 0.6 is 11.6 Å². The first-order valence-corrected chi connectivity index (χ1v) is 6.89. The number of rotatable bonds is 4. The van der Waals surface area contributed by atoms with Crippen molar-refractivity contribution in [2.45, 2.75) is 31.3 Å². The molecule has 0 aromatic heterocycles. The van der Waals surface area contributed by atoms with Crippen molar-refractivity contribution in [2.75, 3.05) is 13.1 Å². The molecule has 1 aliphatic heterocycles. The summed E-state index contributed by atoms with van der Waals surface area (Å²) in [5.74, 6) is 0.913. The van der Waals surface area contributed by atoms with Gasteiger partial charge in [0.1, 0.15) is 17.2 Å². The van der Waals surface area contributed by atoms with Gasteiger partial charge in [-0.05, 0) is 56.8 Å². The summed E-state index contributed by atoms with van der Waals surface area (Å²) in [5.41, 5.74) is -0.0617. The molecule has 2 aliphatic rings. The summed E-state index contributed by atoms with van der Waals surface area (Å²) < 4.78 is 19.2. The maximum atomic E-state index is 13.3. The van der Waals surface area contributed by atoms with Crippen molar-refractivity contribution in [2.24, 2.45) is 5.92 Å². The molecule has 0 radical (unpaired) electrons. The van der Waals surface area contributed by atoms with E-state index in [0.717, 1.165) is 32.4 Å². The second-order valence-corrected chi connectivity index (χ2v) is 5.89. The minimum absolute atomic E-state index is 0.0617. The Morgan fingerprint density at radius 3 is 2.83 bits per heavy atom. The Morgan fingerprint density at radius 1 is 1.39 bits per heavy atom. The van der Waals surface area contributed by atoms with Crippen LogP contribution in [-0.2, 0) is 0 Å². The molecule has 2 nitrogen and oxygen atoms in total. The largest absolute Gasteiger partial charge is 0.487 e. The Labute approximate surface area is 111 Å². The fraction of sp³-hybridized carbons (Fsp3) is 0.571. The SMILES string of the molecule is Fc1cc(Cl)cc(OC2(CC3CCNC3)CC2)c1. The fourth-order valence-electron chi connectivity index (χ4n) is 2.74. The van der Waals surface area contributed by atoms with E-state index in [1.54, 1.807) is 6.07 Å². The molecule has 1 aliphatic carbocycles. The van der Waals surface area contributed by atoms with Gasteiger partial charge in [-0.1, -0.05) is 11.6 Å². The van der Waals surface area contributed by atoms with Crippen molar-refractivity contribution in [1.82, 2.24) is 5.32 Å². The normalized spacial score (nSPS) is 25.1. The molecule has 1 atom stereocenters. The summed E-state index contributed by atoms with van der Waals surface area (Å²) in [6.45, 7) is 2.18. The van der Waals surface area contributed by atoms with Crippen LogP contribution in [0.5, 0.6) is 5.75 Å². The molecule has 1 N–H and O–H groups in total. The van der Waals surface area contributed by atoms with Crippen LogP contribution in [0.15, 0.2) is 18.2 Å². The van der Waals surface area contributed by atoms with Gasteiger partial charge >= 0.3 is 0 Å². The van der Waals surface area contributed by atoms with E-state index in [9.17, 15) is 4.39 Å². The van der Waals surface area contributed by atoms with Gasteiger partial charge in [-0.25, -0.2) is 4.39 Å². The zero-order valence-corrected chi connectivity index (χ0v) is 11.0. The maximum Gasteiger partial charge on any atom is 0.128 e. The highest BCUT2D eigenvalue weighted by Crippen LogP contribution is 2.46. The van der Waals surface area contributed by atoms with E-state index in [1.807, 2.05) is 0 Å². The Kier molecular flexibility index (Phi) is 3.20. The number of nitrogens with one attached hydrogen (secondary N) is 1. The van der Waals surface area contributed by atoms with Gasteiger partial charge in [-0.15, -0.1) is 0 Å². The monoisotopic (exact) mass is 269 g/mol. The smallest absolute Gasteiger partial charge is 0.128 e. The van der Waals surface area contributed by atoms with E-state index in [-0.39, 0.29) is 11.4 Å². The molecule has 18 heavy (non-hydrogen) atoms. The quantitative estimate of drug-likeness (QED) is 0.905. The van der Waals surface area contributed by atoms with E-state index in [4.69, 9.17) is 16.3 Å². The lowest BCUT2D eigenvalue weighted by atomic mass is 9.99. The van der Waals surface area contributed by atoms with Crippen molar-refractivity contribution in [3.05, 3.63) is 29.0 Å². The number of hydrogen-bond donors (Lipinski definition) is 1. The molecule has 1 unspecified atom stereocenters. The van der Waals surface area contributed by atoms with Crippen LogP contribution in [0, 0.1) is 11.7 Å². The third-order valence-corrected chi connectivity index (χ3v) is 4.02. The first-order valence-electron chi connectivity index (χ1n) is 6.51. The molecule has 1 aromatic rings. The molecular weight excluding hydrogens is 253 g/mol. The average molecular weight is 270 g/mol. The van der Waals surface area contributed by atoms with Gasteiger partial charge < -0.3 is 10.1 Å². The first-order chi connectivity index (χ1) is 8.65. The van der Waals surface area contributed by atoms with Crippen molar-refractivity contribution in [3.8, 4) is 5.75 Å². The molecule has 1 heterocycles. The van der Waals surface area contributed by atoms with Crippen LogP contribution in [0.4, 0.5) is 4.39 Å². The first kappa shape index (κ1) is 12.2. The maximum absolute atomic E-state index is 13.3. The predicted octanol–water partition coefficient (Wildman–Crippen LogP) is 3.39. The Hall–Kier alpha value is -0.800. The standard InChI is InChI=1S/C14H17ClFNO/c15-11-5-12(16)7-13(6-11)18-14(2-3-14)8-10-1-4-17-9-10/h5-7,10,17H,1-4,8-9H2. The lowest BCUT2D eigenvalue weighted by Gasteiger charge is -2.21. The molecule has 4 heteroatoms. The van der Waals surface area contributed by atoms with E-state index in [0.29, 0.717) is 16.7 Å². The Balaban J connectivity index is 1.67. The molecule has 2 fully saturated rings. The average Bonchev–Trinajstić information content (AvgIpc) is 2.84. The van der Waals surface area contributed by atoms with Gasteiger partial charge in [-0.3, -0.25) is 0 Å². The van der Waals surface area contributed by atoms with Gasteiger partial charge in [0.25, 0.3) is 0 Å². The molecule has 0 spiro atoms. The molecular formula is C14H17ClFNO. The van der Waals surface area contributed by atoms with Crippen molar-refractivity contribution < 1.29 is 9.13 Å². The summed E-state index contributed by atoms with van der Waals surface area (Å²) in [5, 5.41) is 3.76. The van der Waals surface area contributed by atoms with Crippen LogP contribution in [-0.4, -0.2) is 18.7 Å². The van der Waals surface area contributed by atoms with Gasteiger partial charge in [0.15, 0.2) is 0 Å². The van der Waals surface area contributed by atoms with Crippen LogP contribution in [0.1, 0.15) is 25.7 Å². The second-order valence-electron chi connectivity index (χ2n) is 5.45. The third-order valence-electron chi connectivity index (χ3n) is 3.80. The zero-order chi connectivity index (χ0) is 12.6. The van der Waals surface area contributed by atoms with Crippen molar-refractivity contribution in [1.29, 1.82) is 0 Å². The Morgan fingerprint density at radius 2 is 2.22 bits per heavy atom. The number of halogens is 2. The highest BCUT2D eigenvalue weighted by Gasteiger charge is 2.47. The Bertz CT molecular complexity index is 421. The molecule has 98 valence electrons. The van der Waals surface area contributed by atoms with Crippen LogP contribution in [0.3, 0.4) is 0 Å². The molecule has 1 aromatic carbocycles. The minimum Gasteiger partial charge on any atom is -0.487 e. The van der Waals surface area contributed by atoms with E-state index in [2.05, 4.69) is 5.32 Å². The van der Waals surface area contributed by atoms with E-state index in [1.165, 1.54) is 18.6 Å². The minimum atomic E-state index is -0.337. The molecule has 3 rings (SSSR count).